The highest BCUT2D eigenvalue weighted by atomic mass is 19.1. The Morgan fingerprint density at radius 2 is 2.00 bits per heavy atom. The summed E-state index contributed by atoms with van der Waals surface area (Å²) in [7, 11) is 0. The molecule has 0 saturated carbocycles. The van der Waals surface area contributed by atoms with Crippen LogP contribution in [0.5, 0.6) is 0 Å². The van der Waals surface area contributed by atoms with E-state index in [9.17, 15) is 8.78 Å². The van der Waals surface area contributed by atoms with E-state index in [0.29, 0.717) is 11.5 Å². The van der Waals surface area contributed by atoms with E-state index in [4.69, 9.17) is 0 Å². The van der Waals surface area contributed by atoms with Crippen LogP contribution in [0.1, 0.15) is 38.3 Å². The third kappa shape index (κ3) is 4.00. The van der Waals surface area contributed by atoms with Crippen LogP contribution in [0.2, 0.25) is 0 Å². The highest BCUT2D eigenvalue weighted by Crippen LogP contribution is 2.24. The number of piperidine rings is 1. The second kappa shape index (κ2) is 7.14. The fraction of sp³-hybridized carbons (Fsp3) is 0.625. The predicted octanol–water partition coefficient (Wildman–Crippen LogP) is 3.35. The molecule has 1 aliphatic heterocycles. The number of hydrogen-bond acceptors (Lipinski definition) is 2. The van der Waals surface area contributed by atoms with Crippen LogP contribution < -0.4 is 5.32 Å². The molecule has 112 valence electrons. The lowest BCUT2D eigenvalue weighted by Crippen LogP contribution is -2.39. The fourth-order valence-electron chi connectivity index (χ4n) is 3.00. The topological polar surface area (TPSA) is 15.3 Å². The zero-order chi connectivity index (χ0) is 14.5. The second-order valence-corrected chi connectivity index (χ2v) is 5.68. The first-order chi connectivity index (χ1) is 9.60. The van der Waals surface area contributed by atoms with Crippen molar-refractivity contribution in [1.82, 2.24) is 10.2 Å². The maximum Gasteiger partial charge on any atom is 0.126 e. The number of rotatable bonds is 5. The normalized spacial score (nSPS) is 21.1. The standard InChI is InChI=1S/C16H24F2N2/c1-3-20(11-13-5-4-6-19-10-13)12(2)14-7-15(17)9-16(18)8-14/h7-9,12-13,19H,3-6,10-11H2,1-2H3. The maximum atomic E-state index is 13.3. The van der Waals surface area contributed by atoms with Gasteiger partial charge in [-0.15, -0.1) is 0 Å². The molecule has 1 aliphatic rings. The van der Waals surface area contributed by atoms with Crippen molar-refractivity contribution in [3.8, 4) is 0 Å². The Labute approximate surface area is 120 Å². The van der Waals surface area contributed by atoms with Gasteiger partial charge < -0.3 is 5.32 Å². The van der Waals surface area contributed by atoms with Gasteiger partial charge in [0.05, 0.1) is 0 Å². The summed E-state index contributed by atoms with van der Waals surface area (Å²) in [6.07, 6.45) is 2.44. The number of halogens is 2. The molecular formula is C16H24F2N2. The first kappa shape index (κ1) is 15.4. The van der Waals surface area contributed by atoms with Gasteiger partial charge in [0.15, 0.2) is 0 Å². The van der Waals surface area contributed by atoms with Crippen molar-refractivity contribution >= 4 is 0 Å². The minimum Gasteiger partial charge on any atom is -0.316 e. The Balaban J connectivity index is 2.05. The summed E-state index contributed by atoms with van der Waals surface area (Å²) in [6, 6.07) is 3.84. The Bertz CT molecular complexity index is 410. The van der Waals surface area contributed by atoms with Crippen molar-refractivity contribution in [3.63, 3.8) is 0 Å². The summed E-state index contributed by atoms with van der Waals surface area (Å²) in [4.78, 5) is 2.30. The van der Waals surface area contributed by atoms with Crippen molar-refractivity contribution in [3.05, 3.63) is 35.4 Å². The molecule has 1 N–H and O–H groups in total. The van der Waals surface area contributed by atoms with Crippen molar-refractivity contribution in [1.29, 1.82) is 0 Å². The van der Waals surface area contributed by atoms with Crippen LogP contribution in [0.25, 0.3) is 0 Å². The third-order valence-corrected chi connectivity index (χ3v) is 4.21. The largest absolute Gasteiger partial charge is 0.316 e. The molecule has 2 nitrogen and oxygen atoms in total. The number of nitrogens with zero attached hydrogens (tertiary/aromatic N) is 1. The van der Waals surface area contributed by atoms with Gasteiger partial charge >= 0.3 is 0 Å². The Hall–Kier alpha value is -1.00. The summed E-state index contributed by atoms with van der Waals surface area (Å²) >= 11 is 0. The summed E-state index contributed by atoms with van der Waals surface area (Å²) < 4.78 is 26.7. The lowest BCUT2D eigenvalue weighted by Gasteiger charge is -2.33. The molecule has 1 heterocycles. The first-order valence-corrected chi connectivity index (χ1v) is 7.51. The molecule has 0 amide bonds. The van der Waals surface area contributed by atoms with E-state index in [0.717, 1.165) is 32.2 Å². The van der Waals surface area contributed by atoms with Gasteiger partial charge in [-0.1, -0.05) is 6.92 Å². The van der Waals surface area contributed by atoms with Gasteiger partial charge in [-0.3, -0.25) is 4.90 Å². The average molecular weight is 282 g/mol. The molecule has 4 heteroatoms. The average Bonchev–Trinajstić information content (AvgIpc) is 2.44. The van der Waals surface area contributed by atoms with Crippen molar-refractivity contribution in [2.75, 3.05) is 26.2 Å². The smallest absolute Gasteiger partial charge is 0.126 e. The van der Waals surface area contributed by atoms with Gasteiger partial charge in [0.1, 0.15) is 11.6 Å². The number of nitrogens with one attached hydrogen (secondary N) is 1. The van der Waals surface area contributed by atoms with Gasteiger partial charge in [0.25, 0.3) is 0 Å². The van der Waals surface area contributed by atoms with Gasteiger partial charge in [-0.2, -0.15) is 0 Å². The summed E-state index contributed by atoms with van der Waals surface area (Å²) in [5.74, 6) is -0.367. The first-order valence-electron chi connectivity index (χ1n) is 7.51. The molecule has 2 atom stereocenters. The van der Waals surface area contributed by atoms with Crippen molar-refractivity contribution in [2.45, 2.75) is 32.7 Å². The minimum absolute atomic E-state index is 0.0344. The minimum atomic E-state index is -0.498. The Kier molecular flexibility index (Phi) is 5.49. The molecule has 1 aromatic carbocycles. The lowest BCUT2D eigenvalue weighted by molar-refractivity contribution is 0.170. The number of benzene rings is 1. The van der Waals surface area contributed by atoms with E-state index in [1.807, 2.05) is 6.92 Å². The molecule has 0 aliphatic carbocycles. The molecule has 0 aromatic heterocycles. The quantitative estimate of drug-likeness (QED) is 0.891. The molecule has 0 bridgehead atoms. The van der Waals surface area contributed by atoms with Crippen LogP contribution in [0, 0.1) is 17.6 Å². The van der Waals surface area contributed by atoms with Crippen LogP contribution in [-0.4, -0.2) is 31.1 Å². The van der Waals surface area contributed by atoms with E-state index in [1.54, 1.807) is 0 Å². The highest BCUT2D eigenvalue weighted by Gasteiger charge is 2.21. The summed E-state index contributed by atoms with van der Waals surface area (Å²) in [6.45, 7) is 8.13. The molecule has 2 rings (SSSR count). The van der Waals surface area contributed by atoms with E-state index in [-0.39, 0.29) is 6.04 Å². The molecule has 0 spiro atoms. The Morgan fingerprint density at radius 3 is 2.55 bits per heavy atom. The predicted molar refractivity (Wildman–Crippen MR) is 77.6 cm³/mol. The Morgan fingerprint density at radius 1 is 1.30 bits per heavy atom. The molecule has 0 radical (unpaired) electrons. The van der Waals surface area contributed by atoms with E-state index < -0.39 is 11.6 Å². The van der Waals surface area contributed by atoms with Crippen LogP contribution in [0.4, 0.5) is 8.78 Å². The van der Waals surface area contributed by atoms with Gasteiger partial charge in [-0.05, 0) is 63.0 Å². The van der Waals surface area contributed by atoms with E-state index in [1.165, 1.54) is 25.0 Å². The van der Waals surface area contributed by atoms with Crippen molar-refractivity contribution in [2.24, 2.45) is 5.92 Å². The molecule has 1 fully saturated rings. The summed E-state index contributed by atoms with van der Waals surface area (Å²) in [5.41, 5.74) is 0.716. The zero-order valence-corrected chi connectivity index (χ0v) is 12.3. The summed E-state index contributed by atoms with van der Waals surface area (Å²) in [5, 5.41) is 3.41. The lowest BCUT2D eigenvalue weighted by atomic mass is 9.97. The van der Waals surface area contributed by atoms with Crippen molar-refractivity contribution < 1.29 is 8.78 Å². The molecule has 1 aromatic rings. The van der Waals surface area contributed by atoms with Gasteiger partial charge in [0, 0.05) is 18.7 Å². The van der Waals surface area contributed by atoms with E-state index in [2.05, 4.69) is 17.1 Å². The second-order valence-electron chi connectivity index (χ2n) is 5.68. The van der Waals surface area contributed by atoms with E-state index >= 15 is 0 Å². The van der Waals surface area contributed by atoms with Crippen LogP contribution in [0.15, 0.2) is 18.2 Å². The maximum absolute atomic E-state index is 13.3. The van der Waals surface area contributed by atoms with Crippen LogP contribution in [-0.2, 0) is 0 Å². The van der Waals surface area contributed by atoms with Gasteiger partial charge in [-0.25, -0.2) is 8.78 Å². The van der Waals surface area contributed by atoms with Gasteiger partial charge in [0.2, 0.25) is 0 Å². The fourth-order valence-corrected chi connectivity index (χ4v) is 3.00. The molecule has 20 heavy (non-hydrogen) atoms. The molecule has 2 unspecified atom stereocenters. The monoisotopic (exact) mass is 282 g/mol. The highest BCUT2D eigenvalue weighted by molar-refractivity contribution is 5.21. The third-order valence-electron chi connectivity index (χ3n) is 4.21. The van der Waals surface area contributed by atoms with Crippen LogP contribution >= 0.6 is 0 Å². The van der Waals surface area contributed by atoms with Crippen LogP contribution in [0.3, 0.4) is 0 Å². The SMILES string of the molecule is CCN(CC1CCCNC1)C(C)c1cc(F)cc(F)c1. The molecule has 1 saturated heterocycles. The molecular weight excluding hydrogens is 258 g/mol. The zero-order valence-electron chi connectivity index (χ0n) is 12.3. The number of hydrogen-bond donors (Lipinski definition) is 1.